The van der Waals surface area contributed by atoms with Crippen molar-refractivity contribution in [2.45, 2.75) is 26.8 Å². The van der Waals surface area contributed by atoms with E-state index in [0.717, 1.165) is 15.0 Å². The third-order valence-corrected chi connectivity index (χ3v) is 3.97. The van der Waals surface area contributed by atoms with Crippen LogP contribution in [0.1, 0.15) is 20.3 Å². The van der Waals surface area contributed by atoms with E-state index >= 15 is 0 Å². The molecule has 0 radical (unpaired) electrons. The SMILES string of the molecule is COCCn1/c(=N/C(=O)CC(C)C)sc2ccccc21. The number of ether oxygens (including phenoxy) is 1. The standard InChI is InChI=1S/C15H20N2O2S/c1-11(2)10-14(18)16-15-17(8-9-19-3)12-6-4-5-7-13(12)20-15/h4-7,11H,8-10H2,1-3H3/b16-15-. The molecule has 2 rings (SSSR count). The van der Waals surface area contributed by atoms with E-state index in [1.54, 1.807) is 18.4 Å². The molecule has 0 atom stereocenters. The second-order valence-corrected chi connectivity index (χ2v) is 6.11. The lowest BCUT2D eigenvalue weighted by molar-refractivity contribution is -0.118. The molecule has 1 heterocycles. The first kappa shape index (κ1) is 14.9. The van der Waals surface area contributed by atoms with Crippen LogP contribution in [0.3, 0.4) is 0 Å². The lowest BCUT2D eigenvalue weighted by Crippen LogP contribution is -2.19. The average Bonchev–Trinajstić information content (AvgIpc) is 2.72. The number of carbonyl (C=O) groups excluding carboxylic acids is 1. The molecule has 0 saturated carbocycles. The summed E-state index contributed by atoms with van der Waals surface area (Å²) in [7, 11) is 1.68. The first-order chi connectivity index (χ1) is 9.61. The van der Waals surface area contributed by atoms with E-state index in [9.17, 15) is 4.79 Å². The molecule has 0 N–H and O–H groups in total. The van der Waals surface area contributed by atoms with Crippen molar-refractivity contribution >= 4 is 27.5 Å². The molecule has 0 aliphatic carbocycles. The number of para-hydroxylation sites is 1. The molecule has 0 saturated heterocycles. The number of hydrogen-bond donors (Lipinski definition) is 0. The van der Waals surface area contributed by atoms with Gasteiger partial charge in [0.05, 0.1) is 16.8 Å². The van der Waals surface area contributed by atoms with E-state index in [1.165, 1.54) is 0 Å². The fraction of sp³-hybridized carbons (Fsp3) is 0.467. The normalized spacial score (nSPS) is 12.5. The number of nitrogens with zero attached hydrogens (tertiary/aromatic N) is 2. The lowest BCUT2D eigenvalue weighted by atomic mass is 10.1. The molecule has 2 aromatic rings. The second kappa shape index (κ2) is 6.81. The lowest BCUT2D eigenvalue weighted by Gasteiger charge is -2.04. The topological polar surface area (TPSA) is 43.6 Å². The summed E-state index contributed by atoms with van der Waals surface area (Å²) in [6, 6.07) is 8.10. The van der Waals surface area contributed by atoms with Crippen LogP contribution in [0, 0.1) is 5.92 Å². The molecule has 0 spiro atoms. The van der Waals surface area contributed by atoms with Gasteiger partial charge in [-0.15, -0.1) is 0 Å². The third kappa shape index (κ3) is 3.55. The number of hydrogen-bond acceptors (Lipinski definition) is 3. The molecule has 0 unspecified atom stereocenters. The quantitative estimate of drug-likeness (QED) is 0.850. The van der Waals surface area contributed by atoms with Gasteiger partial charge in [0.1, 0.15) is 0 Å². The fourth-order valence-corrected chi connectivity index (χ4v) is 3.08. The number of thiazole rings is 1. The molecule has 0 aliphatic heterocycles. The average molecular weight is 292 g/mol. The van der Waals surface area contributed by atoms with Gasteiger partial charge in [0.15, 0.2) is 4.80 Å². The zero-order valence-corrected chi connectivity index (χ0v) is 12.9. The van der Waals surface area contributed by atoms with Gasteiger partial charge < -0.3 is 9.30 Å². The van der Waals surface area contributed by atoms with Crippen molar-refractivity contribution in [3.05, 3.63) is 29.1 Å². The maximum Gasteiger partial charge on any atom is 0.248 e. The summed E-state index contributed by atoms with van der Waals surface area (Å²) in [5, 5.41) is 0. The Bertz CT molecular complexity index is 655. The number of benzene rings is 1. The van der Waals surface area contributed by atoms with E-state index in [4.69, 9.17) is 4.74 Å². The maximum absolute atomic E-state index is 11.9. The number of fused-ring (bicyclic) bond motifs is 1. The molecule has 20 heavy (non-hydrogen) atoms. The summed E-state index contributed by atoms with van der Waals surface area (Å²) < 4.78 is 8.34. The van der Waals surface area contributed by atoms with Crippen molar-refractivity contribution in [2.75, 3.05) is 13.7 Å². The number of aromatic nitrogens is 1. The van der Waals surface area contributed by atoms with E-state index in [0.29, 0.717) is 25.5 Å². The highest BCUT2D eigenvalue weighted by atomic mass is 32.1. The zero-order chi connectivity index (χ0) is 14.5. The molecule has 0 bridgehead atoms. The minimum atomic E-state index is -0.0577. The first-order valence-corrected chi connectivity index (χ1v) is 7.58. The van der Waals surface area contributed by atoms with Crippen LogP contribution in [0.25, 0.3) is 10.2 Å². The third-order valence-electron chi connectivity index (χ3n) is 2.91. The van der Waals surface area contributed by atoms with Gasteiger partial charge in [-0.05, 0) is 18.1 Å². The Morgan fingerprint density at radius 1 is 1.40 bits per heavy atom. The van der Waals surface area contributed by atoms with Crippen LogP contribution in [0.2, 0.25) is 0 Å². The number of rotatable bonds is 5. The molecule has 4 nitrogen and oxygen atoms in total. The van der Waals surface area contributed by atoms with E-state index in [-0.39, 0.29) is 5.91 Å². The van der Waals surface area contributed by atoms with Crippen LogP contribution in [0.15, 0.2) is 29.3 Å². The molecule has 1 aromatic heterocycles. The summed E-state index contributed by atoms with van der Waals surface area (Å²) in [5.41, 5.74) is 1.10. The molecule has 1 aromatic carbocycles. The van der Waals surface area contributed by atoms with Crippen molar-refractivity contribution in [3.63, 3.8) is 0 Å². The summed E-state index contributed by atoms with van der Waals surface area (Å²) in [6.07, 6.45) is 0.485. The van der Waals surface area contributed by atoms with Crippen LogP contribution in [0.4, 0.5) is 0 Å². The number of methoxy groups -OCH3 is 1. The molecule has 108 valence electrons. The predicted octanol–water partition coefficient (Wildman–Crippen LogP) is 2.82. The van der Waals surface area contributed by atoms with Crippen LogP contribution in [0.5, 0.6) is 0 Å². The highest BCUT2D eigenvalue weighted by molar-refractivity contribution is 7.16. The Labute approximate surface area is 122 Å². The van der Waals surface area contributed by atoms with Gasteiger partial charge in [0.25, 0.3) is 0 Å². The van der Waals surface area contributed by atoms with E-state index in [2.05, 4.69) is 15.6 Å². The highest BCUT2D eigenvalue weighted by Crippen LogP contribution is 2.16. The Morgan fingerprint density at radius 3 is 2.85 bits per heavy atom. The first-order valence-electron chi connectivity index (χ1n) is 6.76. The smallest absolute Gasteiger partial charge is 0.248 e. The summed E-state index contributed by atoms with van der Waals surface area (Å²) in [5.74, 6) is 0.269. The Balaban J connectivity index is 2.45. The molecular formula is C15H20N2O2S. The second-order valence-electron chi connectivity index (χ2n) is 5.10. The Morgan fingerprint density at radius 2 is 2.15 bits per heavy atom. The minimum absolute atomic E-state index is 0.0577. The van der Waals surface area contributed by atoms with Crippen molar-refractivity contribution in [1.29, 1.82) is 0 Å². The summed E-state index contributed by atoms with van der Waals surface area (Å²) in [6.45, 7) is 5.36. The number of carbonyl (C=O) groups is 1. The monoisotopic (exact) mass is 292 g/mol. The van der Waals surface area contributed by atoms with Crippen molar-refractivity contribution in [2.24, 2.45) is 10.9 Å². The van der Waals surface area contributed by atoms with Gasteiger partial charge in [-0.2, -0.15) is 4.99 Å². The van der Waals surface area contributed by atoms with Crippen LogP contribution in [-0.2, 0) is 16.1 Å². The predicted molar refractivity (Wildman–Crippen MR) is 81.7 cm³/mol. The van der Waals surface area contributed by atoms with Crippen molar-refractivity contribution in [3.8, 4) is 0 Å². The van der Waals surface area contributed by atoms with Gasteiger partial charge in [-0.3, -0.25) is 4.79 Å². The largest absolute Gasteiger partial charge is 0.383 e. The molecular weight excluding hydrogens is 272 g/mol. The summed E-state index contributed by atoms with van der Waals surface area (Å²) >= 11 is 1.55. The summed E-state index contributed by atoms with van der Waals surface area (Å²) in [4.78, 5) is 17.0. The Kier molecular flexibility index (Phi) is 5.09. The van der Waals surface area contributed by atoms with Crippen LogP contribution in [-0.4, -0.2) is 24.2 Å². The van der Waals surface area contributed by atoms with Gasteiger partial charge in [-0.25, -0.2) is 0 Å². The van der Waals surface area contributed by atoms with E-state index < -0.39 is 0 Å². The van der Waals surface area contributed by atoms with Crippen molar-refractivity contribution in [1.82, 2.24) is 4.57 Å². The van der Waals surface area contributed by atoms with Crippen LogP contribution >= 0.6 is 11.3 Å². The zero-order valence-electron chi connectivity index (χ0n) is 12.1. The van der Waals surface area contributed by atoms with Gasteiger partial charge in [-0.1, -0.05) is 37.3 Å². The molecule has 1 amide bonds. The van der Waals surface area contributed by atoms with Gasteiger partial charge in [0.2, 0.25) is 5.91 Å². The minimum Gasteiger partial charge on any atom is -0.383 e. The molecule has 0 fully saturated rings. The van der Waals surface area contributed by atoms with Gasteiger partial charge in [0, 0.05) is 20.1 Å². The molecule has 0 aliphatic rings. The highest BCUT2D eigenvalue weighted by Gasteiger charge is 2.08. The van der Waals surface area contributed by atoms with Gasteiger partial charge >= 0.3 is 0 Å². The molecule has 5 heteroatoms. The van der Waals surface area contributed by atoms with E-state index in [1.807, 2.05) is 32.0 Å². The van der Waals surface area contributed by atoms with Crippen molar-refractivity contribution < 1.29 is 9.53 Å². The van der Waals surface area contributed by atoms with Crippen LogP contribution < -0.4 is 4.80 Å². The fourth-order valence-electron chi connectivity index (χ4n) is 2.01. The Hall–Kier alpha value is -1.46. The number of amides is 1. The maximum atomic E-state index is 11.9.